The molecule has 2 aromatic carbocycles. The predicted octanol–water partition coefficient (Wildman–Crippen LogP) is 4.43. The standard InChI is InChI=1S/C30H43N5O4S/c1-3-16-31-40(37,38)25-11-9-23(10-12-25)32-30(36)35-17-15-26-27(22-35)28(13-14-29(26)39-2)34-20-18-33(19-21-34)24-7-5-4-6-8-24/h9-14,24,31H,3-8,15-22H2,1-2H3,(H,32,36). The highest BCUT2D eigenvalue weighted by atomic mass is 32.2. The number of carbonyl (C=O) groups is 1. The largest absolute Gasteiger partial charge is 0.496 e. The number of urea groups is 1. The zero-order valence-corrected chi connectivity index (χ0v) is 24.6. The second kappa shape index (κ2) is 12.8. The van der Waals surface area contributed by atoms with Crippen molar-refractivity contribution < 1.29 is 17.9 Å². The van der Waals surface area contributed by atoms with Gasteiger partial charge in [-0.1, -0.05) is 26.2 Å². The minimum Gasteiger partial charge on any atom is -0.496 e. The van der Waals surface area contributed by atoms with Crippen LogP contribution in [0.15, 0.2) is 41.3 Å². The average Bonchev–Trinajstić information content (AvgIpc) is 3.00. The molecule has 2 fully saturated rings. The highest BCUT2D eigenvalue weighted by Gasteiger charge is 2.30. The number of amides is 2. The molecule has 2 aliphatic heterocycles. The number of benzene rings is 2. The molecule has 1 aliphatic carbocycles. The van der Waals surface area contributed by atoms with Crippen molar-refractivity contribution in [2.45, 2.75) is 69.4 Å². The van der Waals surface area contributed by atoms with Crippen molar-refractivity contribution >= 4 is 27.4 Å². The summed E-state index contributed by atoms with van der Waals surface area (Å²) in [6.07, 6.45) is 8.19. The van der Waals surface area contributed by atoms with Crippen molar-refractivity contribution in [1.29, 1.82) is 0 Å². The number of hydrogen-bond donors (Lipinski definition) is 2. The van der Waals surface area contributed by atoms with E-state index in [-0.39, 0.29) is 10.9 Å². The summed E-state index contributed by atoms with van der Waals surface area (Å²) in [5, 5.41) is 2.95. The number of piperazine rings is 1. The summed E-state index contributed by atoms with van der Waals surface area (Å²) >= 11 is 0. The minimum atomic E-state index is -3.55. The Bertz CT molecular complexity index is 1270. The van der Waals surface area contributed by atoms with Gasteiger partial charge in [0.25, 0.3) is 0 Å². The lowest BCUT2D eigenvalue weighted by Gasteiger charge is -2.43. The molecule has 2 amide bonds. The monoisotopic (exact) mass is 569 g/mol. The Morgan fingerprint density at radius 2 is 1.68 bits per heavy atom. The van der Waals surface area contributed by atoms with Gasteiger partial charge in [0, 0.05) is 74.4 Å². The van der Waals surface area contributed by atoms with Gasteiger partial charge in [0.2, 0.25) is 10.0 Å². The molecule has 0 bridgehead atoms. The number of nitrogens with one attached hydrogen (secondary N) is 2. The molecule has 1 saturated carbocycles. The zero-order valence-electron chi connectivity index (χ0n) is 23.8. The normalized spacial score (nSPS) is 18.9. The molecular formula is C30H43N5O4S. The SMILES string of the molecule is CCCNS(=O)(=O)c1ccc(NC(=O)N2CCc3c(OC)ccc(N4CCN(C5CCCCC5)CC4)c3C2)cc1. The van der Waals surface area contributed by atoms with Crippen LogP contribution in [0.5, 0.6) is 5.75 Å². The van der Waals surface area contributed by atoms with Gasteiger partial charge in [-0.05, 0) is 62.1 Å². The molecule has 0 aromatic heterocycles. The van der Waals surface area contributed by atoms with Crippen molar-refractivity contribution in [3.8, 4) is 5.75 Å². The second-order valence-corrected chi connectivity index (χ2v) is 12.8. The third-order valence-electron chi connectivity index (χ3n) is 8.56. The van der Waals surface area contributed by atoms with E-state index in [9.17, 15) is 13.2 Å². The first-order valence-corrected chi connectivity index (χ1v) is 16.2. The Kier molecular flexibility index (Phi) is 9.17. The number of anilines is 2. The molecule has 2 aromatic rings. The lowest BCUT2D eigenvalue weighted by Crippen LogP contribution is -2.51. The van der Waals surface area contributed by atoms with Gasteiger partial charge in [-0.15, -0.1) is 0 Å². The number of sulfonamides is 1. The van der Waals surface area contributed by atoms with E-state index in [1.807, 2.05) is 11.8 Å². The molecule has 2 N–H and O–H groups in total. The zero-order chi connectivity index (χ0) is 28.1. The van der Waals surface area contributed by atoms with E-state index in [0.717, 1.165) is 56.4 Å². The topological polar surface area (TPSA) is 94.2 Å². The summed E-state index contributed by atoms with van der Waals surface area (Å²) in [6, 6.07) is 11.1. The molecule has 10 heteroatoms. The maximum absolute atomic E-state index is 13.3. The van der Waals surface area contributed by atoms with Gasteiger partial charge < -0.3 is 19.9 Å². The Hall–Kier alpha value is -2.82. The van der Waals surface area contributed by atoms with E-state index in [1.165, 1.54) is 55.5 Å². The molecule has 0 spiro atoms. The quantitative estimate of drug-likeness (QED) is 0.489. The average molecular weight is 570 g/mol. The van der Waals surface area contributed by atoms with Gasteiger partial charge in [0.15, 0.2) is 0 Å². The van der Waals surface area contributed by atoms with Gasteiger partial charge >= 0.3 is 6.03 Å². The number of rotatable bonds is 8. The van der Waals surface area contributed by atoms with Gasteiger partial charge in [0.1, 0.15) is 5.75 Å². The molecule has 0 unspecified atom stereocenters. The minimum absolute atomic E-state index is 0.186. The van der Waals surface area contributed by atoms with Gasteiger partial charge in [-0.2, -0.15) is 0 Å². The first-order chi connectivity index (χ1) is 19.4. The van der Waals surface area contributed by atoms with Crippen molar-refractivity contribution in [2.75, 3.05) is 56.6 Å². The first kappa shape index (κ1) is 28.7. The fourth-order valence-corrected chi connectivity index (χ4v) is 7.43. The van der Waals surface area contributed by atoms with Crippen LogP contribution in [-0.4, -0.2) is 76.7 Å². The lowest BCUT2D eigenvalue weighted by atomic mass is 9.93. The van der Waals surface area contributed by atoms with Crippen molar-refractivity contribution in [3.05, 3.63) is 47.5 Å². The summed E-state index contributed by atoms with van der Waals surface area (Å²) in [4.78, 5) is 20.5. The Balaban J connectivity index is 1.26. The fourth-order valence-electron chi connectivity index (χ4n) is 6.30. The molecule has 218 valence electrons. The maximum atomic E-state index is 13.3. The first-order valence-electron chi connectivity index (χ1n) is 14.7. The summed E-state index contributed by atoms with van der Waals surface area (Å²) in [5.41, 5.74) is 4.11. The van der Waals surface area contributed by atoms with Gasteiger partial charge in [-0.3, -0.25) is 4.90 Å². The number of nitrogens with zero attached hydrogens (tertiary/aromatic N) is 3. The molecular weight excluding hydrogens is 526 g/mol. The van der Waals surface area contributed by atoms with Crippen molar-refractivity contribution in [2.24, 2.45) is 0 Å². The summed E-state index contributed by atoms with van der Waals surface area (Å²) in [5.74, 6) is 0.883. The van der Waals surface area contributed by atoms with E-state index < -0.39 is 10.0 Å². The van der Waals surface area contributed by atoms with Crippen LogP contribution in [0.4, 0.5) is 16.2 Å². The Morgan fingerprint density at radius 3 is 2.35 bits per heavy atom. The third kappa shape index (κ3) is 6.39. The maximum Gasteiger partial charge on any atom is 0.322 e. The molecule has 0 atom stereocenters. The van der Waals surface area contributed by atoms with Crippen LogP contribution >= 0.6 is 0 Å². The number of fused-ring (bicyclic) bond motifs is 1. The summed E-state index contributed by atoms with van der Waals surface area (Å²) in [6.45, 7) is 7.53. The molecule has 0 radical (unpaired) electrons. The lowest BCUT2D eigenvalue weighted by molar-refractivity contribution is 0.148. The van der Waals surface area contributed by atoms with Crippen LogP contribution in [0, 0.1) is 0 Å². The summed E-state index contributed by atoms with van der Waals surface area (Å²) < 4.78 is 33.0. The van der Waals surface area contributed by atoms with Crippen LogP contribution in [0.2, 0.25) is 0 Å². The van der Waals surface area contributed by atoms with E-state index in [1.54, 1.807) is 19.2 Å². The molecule has 5 rings (SSSR count). The van der Waals surface area contributed by atoms with E-state index >= 15 is 0 Å². The van der Waals surface area contributed by atoms with Crippen LogP contribution in [0.1, 0.15) is 56.6 Å². The van der Waals surface area contributed by atoms with Crippen LogP contribution in [-0.2, 0) is 23.0 Å². The highest BCUT2D eigenvalue weighted by molar-refractivity contribution is 7.89. The van der Waals surface area contributed by atoms with Gasteiger partial charge in [-0.25, -0.2) is 17.9 Å². The van der Waals surface area contributed by atoms with E-state index in [0.29, 0.717) is 25.3 Å². The predicted molar refractivity (Wildman–Crippen MR) is 159 cm³/mol. The summed E-state index contributed by atoms with van der Waals surface area (Å²) in [7, 11) is -1.84. The molecule has 3 aliphatic rings. The van der Waals surface area contributed by atoms with Crippen LogP contribution < -0.4 is 19.7 Å². The van der Waals surface area contributed by atoms with Crippen molar-refractivity contribution in [1.82, 2.24) is 14.5 Å². The smallest absolute Gasteiger partial charge is 0.322 e. The number of ether oxygens (including phenoxy) is 1. The Labute approximate surface area is 238 Å². The van der Waals surface area contributed by atoms with Crippen LogP contribution in [0.25, 0.3) is 0 Å². The molecule has 2 heterocycles. The third-order valence-corrected chi connectivity index (χ3v) is 10.0. The van der Waals surface area contributed by atoms with Crippen molar-refractivity contribution in [3.63, 3.8) is 0 Å². The highest BCUT2D eigenvalue weighted by Crippen LogP contribution is 2.36. The van der Waals surface area contributed by atoms with Crippen LogP contribution in [0.3, 0.4) is 0 Å². The molecule has 1 saturated heterocycles. The molecule has 9 nitrogen and oxygen atoms in total. The van der Waals surface area contributed by atoms with E-state index in [2.05, 4.69) is 32.0 Å². The number of carbonyl (C=O) groups excluding carboxylic acids is 1. The van der Waals surface area contributed by atoms with E-state index in [4.69, 9.17) is 4.74 Å². The Morgan fingerprint density at radius 1 is 0.950 bits per heavy atom. The molecule has 40 heavy (non-hydrogen) atoms. The number of hydrogen-bond acceptors (Lipinski definition) is 6. The number of methoxy groups -OCH3 is 1. The van der Waals surface area contributed by atoms with Gasteiger partial charge in [0.05, 0.1) is 12.0 Å². The fraction of sp³-hybridized carbons (Fsp3) is 0.567. The second-order valence-electron chi connectivity index (χ2n) is 11.1.